The van der Waals surface area contributed by atoms with Gasteiger partial charge in [0.15, 0.2) is 11.5 Å². The van der Waals surface area contributed by atoms with E-state index >= 15 is 0 Å². The van der Waals surface area contributed by atoms with E-state index in [1.807, 2.05) is 41.6 Å². The molecule has 1 amide bonds. The average molecular weight is 368 g/mol. The molecular weight excluding hydrogens is 342 g/mol. The summed E-state index contributed by atoms with van der Waals surface area (Å²) in [5.41, 5.74) is 2.19. The molecule has 6 heteroatoms. The van der Waals surface area contributed by atoms with E-state index in [1.165, 1.54) is 10.5 Å². The molecule has 1 aromatic heterocycles. The maximum atomic E-state index is 12.5. The van der Waals surface area contributed by atoms with Crippen molar-refractivity contribution in [2.45, 2.75) is 6.54 Å². The molecule has 0 atom stereocenters. The number of piperazine rings is 1. The maximum absolute atomic E-state index is 12.5. The zero-order valence-electron chi connectivity index (χ0n) is 15.9. The number of amides is 1. The van der Waals surface area contributed by atoms with Gasteiger partial charge in [0.1, 0.15) is 6.54 Å². The lowest BCUT2D eigenvalue weighted by Crippen LogP contribution is -3.13. The van der Waals surface area contributed by atoms with Crippen molar-refractivity contribution in [1.82, 2.24) is 9.88 Å². The van der Waals surface area contributed by atoms with Crippen LogP contribution >= 0.6 is 0 Å². The fraction of sp³-hybridized carbons (Fsp3) is 0.333. The summed E-state index contributed by atoms with van der Waals surface area (Å²) in [7, 11) is 3.21. The molecule has 1 fully saturated rings. The van der Waals surface area contributed by atoms with Gasteiger partial charge in [-0.1, -0.05) is 6.07 Å². The average Bonchev–Trinajstić information content (AvgIpc) is 2.73. The van der Waals surface area contributed by atoms with Crippen molar-refractivity contribution in [3.8, 4) is 11.5 Å². The minimum atomic E-state index is 0.0488. The van der Waals surface area contributed by atoms with Crippen LogP contribution in [0, 0.1) is 0 Å². The Kier molecular flexibility index (Phi) is 6.44. The number of methoxy groups -OCH3 is 2. The van der Waals surface area contributed by atoms with Gasteiger partial charge in [0.05, 0.1) is 40.4 Å². The summed E-state index contributed by atoms with van der Waals surface area (Å²) in [5, 5.41) is 0. The van der Waals surface area contributed by atoms with E-state index in [9.17, 15) is 4.79 Å². The summed E-state index contributed by atoms with van der Waals surface area (Å²) < 4.78 is 10.5. The minimum Gasteiger partial charge on any atom is -0.493 e. The fourth-order valence-electron chi connectivity index (χ4n) is 3.24. The van der Waals surface area contributed by atoms with Crippen molar-refractivity contribution in [1.29, 1.82) is 0 Å². The molecule has 2 aromatic rings. The second-order valence-electron chi connectivity index (χ2n) is 6.56. The molecule has 142 valence electrons. The molecule has 1 saturated heterocycles. The molecular formula is C21H26N3O3+. The van der Waals surface area contributed by atoms with Crippen LogP contribution in [0.4, 0.5) is 0 Å². The third-order valence-electron chi connectivity index (χ3n) is 4.81. The van der Waals surface area contributed by atoms with E-state index in [2.05, 4.69) is 17.1 Å². The molecule has 3 rings (SSSR count). The first-order chi connectivity index (χ1) is 13.2. The van der Waals surface area contributed by atoms with Crippen LogP contribution in [0.25, 0.3) is 6.08 Å². The van der Waals surface area contributed by atoms with E-state index in [0.717, 1.165) is 38.3 Å². The lowest BCUT2D eigenvalue weighted by Gasteiger charge is -2.31. The van der Waals surface area contributed by atoms with Gasteiger partial charge in [0, 0.05) is 24.0 Å². The molecule has 0 saturated carbocycles. The van der Waals surface area contributed by atoms with Crippen molar-refractivity contribution in [3.63, 3.8) is 0 Å². The van der Waals surface area contributed by atoms with Crippen molar-refractivity contribution in [2.24, 2.45) is 0 Å². The van der Waals surface area contributed by atoms with Crippen LogP contribution < -0.4 is 14.4 Å². The first-order valence-electron chi connectivity index (χ1n) is 9.11. The van der Waals surface area contributed by atoms with Gasteiger partial charge < -0.3 is 19.3 Å². The molecule has 27 heavy (non-hydrogen) atoms. The number of quaternary nitrogens is 1. The van der Waals surface area contributed by atoms with Crippen LogP contribution in [-0.2, 0) is 11.3 Å². The second-order valence-corrected chi connectivity index (χ2v) is 6.56. The highest BCUT2D eigenvalue weighted by Crippen LogP contribution is 2.27. The maximum Gasteiger partial charge on any atom is 0.246 e. The Morgan fingerprint density at radius 1 is 1.11 bits per heavy atom. The second kappa shape index (κ2) is 9.19. The summed E-state index contributed by atoms with van der Waals surface area (Å²) in [4.78, 5) is 19.9. The predicted octanol–water partition coefficient (Wildman–Crippen LogP) is 1.04. The van der Waals surface area contributed by atoms with Crippen LogP contribution in [-0.4, -0.2) is 56.2 Å². The number of benzene rings is 1. The van der Waals surface area contributed by atoms with Gasteiger partial charge in [-0.3, -0.25) is 9.78 Å². The number of nitrogens with one attached hydrogen (secondary N) is 1. The zero-order chi connectivity index (χ0) is 19.1. The molecule has 6 nitrogen and oxygen atoms in total. The lowest BCUT2D eigenvalue weighted by atomic mass is 10.1. The van der Waals surface area contributed by atoms with Crippen LogP contribution in [0.5, 0.6) is 11.5 Å². The molecule has 1 aliphatic heterocycles. The Labute approximate surface area is 160 Å². The number of aromatic nitrogens is 1. The molecule has 1 aliphatic rings. The summed E-state index contributed by atoms with van der Waals surface area (Å²) in [5.74, 6) is 1.38. The van der Waals surface area contributed by atoms with E-state index in [1.54, 1.807) is 20.3 Å². The van der Waals surface area contributed by atoms with Crippen LogP contribution in [0.2, 0.25) is 0 Å². The predicted molar refractivity (Wildman–Crippen MR) is 104 cm³/mol. The molecule has 0 unspecified atom stereocenters. The Balaban J connectivity index is 1.53. The molecule has 2 heterocycles. The minimum absolute atomic E-state index is 0.0488. The summed E-state index contributed by atoms with van der Waals surface area (Å²) in [6.45, 7) is 4.44. The van der Waals surface area contributed by atoms with E-state index in [4.69, 9.17) is 9.47 Å². The first kappa shape index (κ1) is 18.9. The molecule has 0 bridgehead atoms. The summed E-state index contributed by atoms with van der Waals surface area (Å²) >= 11 is 0. The monoisotopic (exact) mass is 368 g/mol. The number of rotatable bonds is 6. The number of ether oxygens (including phenoxy) is 2. The third-order valence-corrected chi connectivity index (χ3v) is 4.81. The molecule has 1 aromatic carbocycles. The Morgan fingerprint density at radius 2 is 1.81 bits per heavy atom. The number of carbonyl (C=O) groups excluding carboxylic acids is 1. The topological polar surface area (TPSA) is 56.1 Å². The van der Waals surface area contributed by atoms with Crippen LogP contribution in [0.15, 0.2) is 48.8 Å². The summed E-state index contributed by atoms with van der Waals surface area (Å²) in [6, 6.07) is 9.71. The standard InChI is InChI=1S/C21H25N3O3/c1-26-19-5-3-17(15-20(19)27-2)4-6-21(25)24-13-11-23(12-14-24)16-18-7-9-22-10-8-18/h3-10,15H,11-14,16H2,1-2H3/p+1/b6-4+. The van der Waals surface area contributed by atoms with Crippen molar-refractivity contribution in [2.75, 3.05) is 40.4 Å². The highest BCUT2D eigenvalue weighted by atomic mass is 16.5. The van der Waals surface area contributed by atoms with Gasteiger partial charge in [-0.2, -0.15) is 0 Å². The van der Waals surface area contributed by atoms with Gasteiger partial charge in [-0.25, -0.2) is 0 Å². The third kappa shape index (κ3) is 5.08. The molecule has 0 radical (unpaired) electrons. The first-order valence-corrected chi connectivity index (χ1v) is 9.11. The normalized spacial score (nSPS) is 15.1. The van der Waals surface area contributed by atoms with Gasteiger partial charge in [0.25, 0.3) is 0 Å². The number of nitrogens with zero attached hydrogens (tertiary/aromatic N) is 2. The van der Waals surface area contributed by atoms with Gasteiger partial charge >= 0.3 is 0 Å². The quantitative estimate of drug-likeness (QED) is 0.774. The van der Waals surface area contributed by atoms with Crippen molar-refractivity contribution in [3.05, 3.63) is 59.9 Å². The van der Waals surface area contributed by atoms with Gasteiger partial charge in [-0.15, -0.1) is 0 Å². The van der Waals surface area contributed by atoms with E-state index in [0.29, 0.717) is 11.5 Å². The van der Waals surface area contributed by atoms with Crippen LogP contribution in [0.3, 0.4) is 0 Å². The fourth-order valence-corrected chi connectivity index (χ4v) is 3.24. The smallest absolute Gasteiger partial charge is 0.246 e. The zero-order valence-corrected chi connectivity index (χ0v) is 15.9. The number of hydrogen-bond acceptors (Lipinski definition) is 4. The lowest BCUT2D eigenvalue weighted by molar-refractivity contribution is -0.917. The van der Waals surface area contributed by atoms with E-state index < -0.39 is 0 Å². The van der Waals surface area contributed by atoms with Gasteiger partial charge in [-0.05, 0) is 35.9 Å². The number of pyridine rings is 1. The van der Waals surface area contributed by atoms with Crippen molar-refractivity contribution >= 4 is 12.0 Å². The highest BCUT2D eigenvalue weighted by Gasteiger charge is 2.22. The van der Waals surface area contributed by atoms with Crippen molar-refractivity contribution < 1.29 is 19.2 Å². The number of carbonyl (C=O) groups is 1. The molecule has 0 aliphatic carbocycles. The largest absolute Gasteiger partial charge is 0.493 e. The molecule has 1 N–H and O–H groups in total. The Hall–Kier alpha value is -2.86. The number of hydrogen-bond donors (Lipinski definition) is 1. The van der Waals surface area contributed by atoms with E-state index in [-0.39, 0.29) is 5.91 Å². The highest BCUT2D eigenvalue weighted by molar-refractivity contribution is 5.91. The van der Waals surface area contributed by atoms with Gasteiger partial charge in [0.2, 0.25) is 5.91 Å². The molecule has 0 spiro atoms. The SMILES string of the molecule is COc1ccc(/C=C/C(=O)N2CC[NH+](Cc3ccncc3)CC2)cc1OC. The summed E-state index contributed by atoms with van der Waals surface area (Å²) in [6.07, 6.45) is 7.11. The van der Waals surface area contributed by atoms with Crippen LogP contribution in [0.1, 0.15) is 11.1 Å². The Morgan fingerprint density at radius 3 is 2.48 bits per heavy atom. The Bertz CT molecular complexity index is 785.